The molecule has 15 heteroatoms. The topological polar surface area (TPSA) is 174 Å². The summed E-state index contributed by atoms with van der Waals surface area (Å²) in [4.78, 5) is 39.8. The molecule has 4 aromatic rings. The smallest absolute Gasteiger partial charge is 0.338 e. The van der Waals surface area contributed by atoms with Gasteiger partial charge in [0.15, 0.2) is 18.5 Å². The second-order valence-electron chi connectivity index (χ2n) is 13.6. The van der Waals surface area contributed by atoms with E-state index < -0.39 is 65.2 Å². The van der Waals surface area contributed by atoms with Crippen LogP contribution in [0, 0.1) is 19.3 Å². The minimum atomic E-state index is -4.34. The van der Waals surface area contributed by atoms with Crippen LogP contribution in [-0.2, 0) is 51.0 Å². The van der Waals surface area contributed by atoms with Gasteiger partial charge in [-0.1, -0.05) is 72.1 Å². The molecule has 0 saturated carbocycles. The van der Waals surface area contributed by atoms with Crippen molar-refractivity contribution in [3.8, 4) is 12.3 Å². The maximum Gasteiger partial charge on any atom is 0.338 e. The monoisotopic (exact) mass is 800 g/mol. The van der Waals surface area contributed by atoms with Crippen molar-refractivity contribution in [3.05, 3.63) is 114 Å². The molecule has 0 bridgehead atoms. The molecule has 302 valence electrons. The van der Waals surface area contributed by atoms with E-state index in [1.165, 1.54) is 31.2 Å². The van der Waals surface area contributed by atoms with Crippen molar-refractivity contribution in [3.63, 3.8) is 0 Å². The number of hydrogen-bond donors (Lipinski definition) is 1. The lowest BCUT2D eigenvalue weighted by Gasteiger charge is -2.45. The highest BCUT2D eigenvalue weighted by molar-refractivity contribution is 7.86. The third-order valence-electron chi connectivity index (χ3n) is 9.12. The molecular weight excluding hydrogens is 753 g/mol. The number of nitrogens with one attached hydrogen (secondary N) is 1. The molecule has 0 radical (unpaired) electrons. The van der Waals surface area contributed by atoms with Gasteiger partial charge >= 0.3 is 11.9 Å². The van der Waals surface area contributed by atoms with Crippen LogP contribution in [0.4, 0.5) is 0 Å². The number of benzene rings is 3. The Kier molecular flexibility index (Phi) is 15.9. The molecule has 57 heavy (non-hydrogen) atoms. The van der Waals surface area contributed by atoms with Crippen LogP contribution in [0.5, 0.6) is 0 Å². The molecule has 5 atom stereocenters. The highest BCUT2D eigenvalue weighted by Crippen LogP contribution is 2.30. The predicted molar refractivity (Wildman–Crippen MR) is 208 cm³/mol. The zero-order valence-electron chi connectivity index (χ0n) is 32.0. The van der Waals surface area contributed by atoms with Crippen molar-refractivity contribution in [2.45, 2.75) is 101 Å². The van der Waals surface area contributed by atoms with E-state index in [0.717, 1.165) is 49.8 Å². The van der Waals surface area contributed by atoms with E-state index in [-0.39, 0.29) is 22.6 Å². The second-order valence-corrected chi connectivity index (χ2v) is 15.2. The summed E-state index contributed by atoms with van der Waals surface area (Å²) in [6.07, 6.45) is 7.72. The van der Waals surface area contributed by atoms with Crippen LogP contribution in [0.2, 0.25) is 0 Å². The van der Waals surface area contributed by atoms with Crippen molar-refractivity contribution < 1.29 is 45.9 Å². The van der Waals surface area contributed by atoms with Gasteiger partial charge in [0.2, 0.25) is 5.91 Å². The molecule has 0 spiro atoms. The van der Waals surface area contributed by atoms with Crippen molar-refractivity contribution in [2.75, 3.05) is 13.2 Å². The minimum absolute atomic E-state index is 0.0776. The minimum Gasteiger partial charge on any atom is -0.452 e. The highest BCUT2D eigenvalue weighted by atomic mass is 32.2. The molecule has 1 aliphatic rings. The Labute approximate surface area is 333 Å². The number of carbonyl (C=O) groups is 3. The first kappa shape index (κ1) is 42.7. The van der Waals surface area contributed by atoms with Crippen LogP contribution >= 0.6 is 0 Å². The molecule has 14 nitrogen and oxygen atoms in total. The molecule has 1 N–H and O–H groups in total. The van der Waals surface area contributed by atoms with Crippen molar-refractivity contribution >= 4 is 28.0 Å². The van der Waals surface area contributed by atoms with Crippen LogP contribution < -0.4 is 5.32 Å². The van der Waals surface area contributed by atoms with E-state index in [1.807, 2.05) is 13.1 Å². The Morgan fingerprint density at radius 3 is 2.12 bits per heavy atom. The number of nitrogens with zero attached hydrogens (tertiary/aromatic N) is 3. The summed E-state index contributed by atoms with van der Waals surface area (Å²) < 4.78 is 58.4. The summed E-state index contributed by atoms with van der Waals surface area (Å²) in [6, 6.07) is 21.0. The fraction of sp³-hybridized carbons (Fsp3) is 0.405. The fourth-order valence-corrected chi connectivity index (χ4v) is 7.11. The number of hydrogen-bond acceptors (Lipinski definition) is 12. The highest BCUT2D eigenvalue weighted by Gasteiger charge is 2.52. The van der Waals surface area contributed by atoms with Gasteiger partial charge in [-0.25, -0.2) is 9.59 Å². The third-order valence-corrected chi connectivity index (χ3v) is 10.4. The van der Waals surface area contributed by atoms with Crippen LogP contribution in [0.3, 0.4) is 0 Å². The van der Waals surface area contributed by atoms with Gasteiger partial charge < -0.3 is 24.3 Å². The van der Waals surface area contributed by atoms with Crippen molar-refractivity contribution in [2.24, 2.45) is 0 Å². The molecule has 0 aliphatic carbocycles. The van der Waals surface area contributed by atoms with E-state index in [1.54, 1.807) is 65.3 Å². The molecule has 3 aromatic carbocycles. The Hall–Kier alpha value is -5.40. The molecule has 1 aromatic heterocycles. The Morgan fingerprint density at radius 2 is 1.49 bits per heavy atom. The summed E-state index contributed by atoms with van der Waals surface area (Å²) in [7, 11) is -4.34. The van der Waals surface area contributed by atoms with Crippen LogP contribution in [-0.4, -0.2) is 85.1 Å². The number of rotatable bonds is 20. The summed E-state index contributed by atoms with van der Waals surface area (Å²) in [5.74, 6) is 0.534. The maximum atomic E-state index is 13.6. The van der Waals surface area contributed by atoms with Crippen molar-refractivity contribution in [1.82, 2.24) is 20.3 Å². The van der Waals surface area contributed by atoms with E-state index in [0.29, 0.717) is 13.0 Å². The van der Waals surface area contributed by atoms with E-state index in [2.05, 4.69) is 21.5 Å². The lowest BCUT2D eigenvalue weighted by atomic mass is 9.95. The normalized spacial score (nSPS) is 19.3. The zero-order chi connectivity index (χ0) is 40.6. The fourth-order valence-electron chi connectivity index (χ4n) is 6.19. The number of unbranched alkanes of at least 4 members (excludes halogenated alkanes) is 4. The van der Waals surface area contributed by atoms with Crippen LogP contribution in [0.25, 0.3) is 0 Å². The first-order chi connectivity index (χ1) is 27.5. The largest absolute Gasteiger partial charge is 0.452 e. The number of amides is 1. The number of ether oxygens (including phenoxy) is 4. The van der Waals surface area contributed by atoms with Gasteiger partial charge in [-0.05, 0) is 69.0 Å². The van der Waals surface area contributed by atoms with Gasteiger partial charge in [0.05, 0.1) is 34.9 Å². The van der Waals surface area contributed by atoms with Gasteiger partial charge in [0.25, 0.3) is 10.1 Å². The van der Waals surface area contributed by atoms with Gasteiger partial charge in [-0.3, -0.25) is 13.7 Å². The lowest BCUT2D eigenvalue weighted by Crippen LogP contribution is -2.66. The molecular formula is C42H48N4O10S. The Balaban J connectivity index is 1.38. The molecule has 1 aliphatic heterocycles. The van der Waals surface area contributed by atoms with Gasteiger partial charge in [-0.15, -0.1) is 17.4 Å². The number of esters is 2. The van der Waals surface area contributed by atoms with Gasteiger partial charge in [0, 0.05) is 26.1 Å². The third kappa shape index (κ3) is 12.8. The van der Waals surface area contributed by atoms with Crippen LogP contribution in [0.1, 0.15) is 77.4 Å². The summed E-state index contributed by atoms with van der Waals surface area (Å²) in [6.45, 7) is 2.94. The number of aromatic nitrogens is 3. The number of aryl methyl sites for hydroxylation is 3. The molecule has 1 saturated heterocycles. The first-order valence-electron chi connectivity index (χ1n) is 18.9. The molecule has 0 unspecified atom stereocenters. The summed E-state index contributed by atoms with van der Waals surface area (Å²) in [5, 5.41) is 11.2. The molecule has 1 fully saturated rings. The average Bonchev–Trinajstić information content (AvgIpc) is 3.67. The molecule has 1 amide bonds. The lowest BCUT2D eigenvalue weighted by molar-refractivity contribution is -0.267. The standard InChI is InChI=1S/C42H48N4O10S/c1-4-5-6-7-8-15-21-34-28-46(45-44-34)26-16-27-52-42-37(43-31(3)47)39(56-41(49)33-19-13-10-14-20-33)38(55-40(48)32-17-11-9-12-18-32)36(54-42)29-53-57(50,51)35-24-22-30(2)23-25-35/h1,9-14,17-20,22-25,28,36-39,42H,5-8,15-16,21,26-27,29H2,2-3H3,(H,43,47)/t36-,37-,38-,39-,42+/m1/s1. The van der Waals surface area contributed by atoms with E-state index in [9.17, 15) is 22.8 Å². The molecule has 5 rings (SSSR count). The number of terminal acetylenes is 1. The van der Waals surface area contributed by atoms with Crippen LogP contribution in [0.15, 0.2) is 96.0 Å². The quantitative estimate of drug-likeness (QED) is 0.0536. The average molecular weight is 801 g/mol. The maximum absolute atomic E-state index is 13.6. The SMILES string of the molecule is C#CCCCCCCc1cn(CCCO[C@H]2O[C@H](COS(=O)(=O)c3ccc(C)cc3)[C@@H](OC(=O)c3ccccc3)[C@H](OC(=O)c3ccccc3)[C@H]2NC(C)=O)nn1. The molecule has 2 heterocycles. The van der Waals surface area contributed by atoms with Gasteiger partial charge in [0.1, 0.15) is 12.1 Å². The zero-order valence-corrected chi connectivity index (χ0v) is 32.8. The van der Waals surface area contributed by atoms with Crippen molar-refractivity contribution in [1.29, 1.82) is 0 Å². The Bertz CT molecular complexity index is 2050. The first-order valence-corrected chi connectivity index (χ1v) is 20.3. The number of carbonyl (C=O) groups excluding carboxylic acids is 3. The van der Waals surface area contributed by atoms with E-state index >= 15 is 0 Å². The second kappa shape index (κ2) is 21.2. The van der Waals surface area contributed by atoms with Gasteiger partial charge in [-0.2, -0.15) is 8.42 Å². The predicted octanol–water partition coefficient (Wildman–Crippen LogP) is 5.21. The Morgan fingerprint density at radius 1 is 0.860 bits per heavy atom. The summed E-state index contributed by atoms with van der Waals surface area (Å²) in [5.41, 5.74) is 2.07. The van der Waals surface area contributed by atoms with E-state index in [4.69, 9.17) is 29.6 Å². The summed E-state index contributed by atoms with van der Waals surface area (Å²) >= 11 is 0.